The molecule has 2 unspecified atom stereocenters. The Morgan fingerprint density at radius 2 is 1.73 bits per heavy atom. The van der Waals surface area contributed by atoms with E-state index in [2.05, 4.69) is 0 Å². The van der Waals surface area contributed by atoms with E-state index in [4.69, 9.17) is 13.9 Å². The van der Waals surface area contributed by atoms with Gasteiger partial charge in [0.05, 0.1) is 18.5 Å². The van der Waals surface area contributed by atoms with E-state index in [1.165, 1.54) is 0 Å². The molecule has 0 bridgehead atoms. The lowest BCUT2D eigenvalue weighted by Crippen LogP contribution is -2.53. The number of hydrogen-bond donors (Lipinski definition) is 0. The van der Waals surface area contributed by atoms with Crippen molar-refractivity contribution in [2.75, 3.05) is 39.4 Å². The van der Waals surface area contributed by atoms with E-state index >= 15 is 0 Å². The molecule has 2 amide bonds. The fourth-order valence-electron chi connectivity index (χ4n) is 4.66. The number of amides is 2. The van der Waals surface area contributed by atoms with Crippen LogP contribution in [-0.4, -0.2) is 72.7 Å². The molecule has 0 N–H and O–H groups in total. The molecule has 3 saturated heterocycles. The molecule has 30 heavy (non-hydrogen) atoms. The maximum Gasteiger partial charge on any atom is 0.290 e. The normalized spacial score (nSPS) is 26.5. The van der Waals surface area contributed by atoms with Gasteiger partial charge in [-0.15, -0.1) is 0 Å². The summed E-state index contributed by atoms with van der Waals surface area (Å²) in [6, 6.07) is 11.6. The zero-order chi connectivity index (χ0) is 20.6. The average Bonchev–Trinajstić information content (AvgIpc) is 3.56. The minimum absolute atomic E-state index is 0.0360. The first kappa shape index (κ1) is 19.3. The first-order chi connectivity index (χ1) is 14.7. The smallest absolute Gasteiger partial charge is 0.290 e. The van der Waals surface area contributed by atoms with Crippen LogP contribution in [0.4, 0.5) is 0 Å². The Kier molecular flexibility index (Phi) is 5.08. The number of nitrogens with zero attached hydrogens (tertiary/aromatic N) is 2. The molecule has 3 aliphatic rings. The highest BCUT2D eigenvalue weighted by molar-refractivity contribution is 5.98. The Labute approximate surface area is 175 Å². The van der Waals surface area contributed by atoms with Crippen molar-refractivity contribution in [2.24, 2.45) is 0 Å². The van der Waals surface area contributed by atoms with Gasteiger partial charge in [-0.3, -0.25) is 9.59 Å². The summed E-state index contributed by atoms with van der Waals surface area (Å²) in [6.45, 7) is 3.29. The highest BCUT2D eigenvalue weighted by Gasteiger charge is 2.46. The van der Waals surface area contributed by atoms with E-state index in [0.29, 0.717) is 45.2 Å². The number of hydrogen-bond acceptors (Lipinski definition) is 5. The van der Waals surface area contributed by atoms with Gasteiger partial charge in [0.25, 0.3) is 11.8 Å². The third-order valence-corrected chi connectivity index (χ3v) is 6.42. The zero-order valence-corrected chi connectivity index (χ0v) is 16.9. The fourth-order valence-corrected chi connectivity index (χ4v) is 4.66. The van der Waals surface area contributed by atoms with Crippen molar-refractivity contribution < 1.29 is 23.5 Å². The second kappa shape index (κ2) is 7.89. The van der Waals surface area contributed by atoms with Gasteiger partial charge < -0.3 is 23.7 Å². The summed E-state index contributed by atoms with van der Waals surface area (Å²) in [5.74, 6) is 0.252. The Morgan fingerprint density at radius 1 is 0.967 bits per heavy atom. The molecule has 3 fully saturated rings. The fraction of sp³-hybridized carbons (Fsp3) is 0.478. The zero-order valence-electron chi connectivity index (χ0n) is 16.9. The van der Waals surface area contributed by atoms with E-state index < -0.39 is 0 Å². The highest BCUT2D eigenvalue weighted by atomic mass is 16.6. The second-order valence-corrected chi connectivity index (χ2v) is 8.28. The van der Waals surface area contributed by atoms with Gasteiger partial charge in [-0.2, -0.15) is 0 Å². The molecule has 1 aromatic heterocycles. The lowest BCUT2D eigenvalue weighted by molar-refractivity contribution is -0.149. The Hall–Kier alpha value is -2.64. The number of ether oxygens (including phenoxy) is 2. The molecule has 2 aromatic rings. The molecule has 7 heteroatoms. The molecule has 5 rings (SSSR count). The summed E-state index contributed by atoms with van der Waals surface area (Å²) >= 11 is 0. The van der Waals surface area contributed by atoms with Gasteiger partial charge in [0.2, 0.25) is 0 Å². The van der Waals surface area contributed by atoms with E-state index in [0.717, 1.165) is 30.4 Å². The van der Waals surface area contributed by atoms with E-state index in [-0.39, 0.29) is 23.5 Å². The van der Waals surface area contributed by atoms with Gasteiger partial charge in [0.1, 0.15) is 6.10 Å². The van der Waals surface area contributed by atoms with Crippen molar-refractivity contribution >= 4 is 11.8 Å². The number of furan rings is 1. The third-order valence-electron chi connectivity index (χ3n) is 6.42. The minimum atomic E-state index is -0.385. The van der Waals surface area contributed by atoms with Crippen LogP contribution in [0.1, 0.15) is 29.8 Å². The molecule has 0 aliphatic carbocycles. The van der Waals surface area contributed by atoms with Crippen LogP contribution in [0.3, 0.4) is 0 Å². The van der Waals surface area contributed by atoms with Gasteiger partial charge in [-0.05, 0) is 24.5 Å². The lowest BCUT2D eigenvalue weighted by Gasteiger charge is -2.35. The Bertz CT molecular complexity index is 911. The van der Waals surface area contributed by atoms with Crippen LogP contribution < -0.4 is 0 Å². The van der Waals surface area contributed by atoms with Crippen molar-refractivity contribution in [2.45, 2.75) is 31.0 Å². The molecule has 0 saturated carbocycles. The van der Waals surface area contributed by atoms with Crippen LogP contribution in [0.2, 0.25) is 0 Å². The van der Waals surface area contributed by atoms with Crippen molar-refractivity contribution in [1.29, 1.82) is 0 Å². The number of carbonyl (C=O) groups excluding carboxylic acids is 2. The van der Waals surface area contributed by atoms with Crippen LogP contribution >= 0.6 is 0 Å². The number of piperazine rings is 1. The van der Waals surface area contributed by atoms with Crippen molar-refractivity contribution in [3.63, 3.8) is 0 Å². The summed E-state index contributed by atoms with van der Waals surface area (Å²) in [7, 11) is 0. The van der Waals surface area contributed by atoms with Gasteiger partial charge in [-0.25, -0.2) is 0 Å². The van der Waals surface area contributed by atoms with Crippen LogP contribution in [0.15, 0.2) is 47.1 Å². The monoisotopic (exact) mass is 410 g/mol. The van der Waals surface area contributed by atoms with Gasteiger partial charge in [-0.1, -0.05) is 30.3 Å². The molecular formula is C23H26N2O5. The lowest BCUT2D eigenvalue weighted by atomic mass is 9.99. The largest absolute Gasteiger partial charge is 0.459 e. The maximum absolute atomic E-state index is 13.0. The van der Waals surface area contributed by atoms with Gasteiger partial charge in [0.15, 0.2) is 5.76 Å². The molecule has 158 valence electrons. The second-order valence-electron chi connectivity index (χ2n) is 8.28. The van der Waals surface area contributed by atoms with Crippen LogP contribution in [0, 0.1) is 0 Å². The number of rotatable bonds is 3. The van der Waals surface area contributed by atoms with Gasteiger partial charge in [0, 0.05) is 44.8 Å². The van der Waals surface area contributed by atoms with Crippen molar-refractivity contribution in [3.05, 3.63) is 48.4 Å². The number of carbonyl (C=O) groups is 2. The summed E-state index contributed by atoms with van der Waals surface area (Å²) in [6.07, 6.45) is 3.65. The first-order valence-corrected chi connectivity index (χ1v) is 10.6. The summed E-state index contributed by atoms with van der Waals surface area (Å²) in [5.41, 5.74) is 1.49. The van der Waals surface area contributed by atoms with Crippen LogP contribution in [-0.2, 0) is 14.3 Å². The molecule has 1 aromatic carbocycles. The number of benzene rings is 1. The predicted molar refractivity (Wildman–Crippen MR) is 109 cm³/mol. The summed E-state index contributed by atoms with van der Waals surface area (Å²) in [5, 5.41) is 0. The molecule has 1 spiro atoms. The Morgan fingerprint density at radius 3 is 2.47 bits per heavy atom. The molecule has 2 atom stereocenters. The SMILES string of the molecule is O=C(c1occc1-c1ccccc1)N1CCN(C(=O)C2CCC3(CCOC3)O2)CC1. The van der Waals surface area contributed by atoms with Crippen LogP contribution in [0.5, 0.6) is 0 Å². The van der Waals surface area contributed by atoms with Gasteiger partial charge >= 0.3 is 0 Å². The summed E-state index contributed by atoms with van der Waals surface area (Å²) < 4.78 is 17.1. The highest BCUT2D eigenvalue weighted by Crippen LogP contribution is 2.37. The third kappa shape index (κ3) is 3.52. The Balaban J connectivity index is 1.20. The average molecular weight is 410 g/mol. The quantitative estimate of drug-likeness (QED) is 0.778. The van der Waals surface area contributed by atoms with Crippen molar-refractivity contribution in [3.8, 4) is 11.1 Å². The maximum atomic E-state index is 13.0. The minimum Gasteiger partial charge on any atom is -0.459 e. The standard InChI is InChI=1S/C23H26N2O5/c26-21(19-6-8-23(30-19)9-15-28-16-23)24-10-12-25(13-11-24)22(27)20-18(7-14-29-20)17-4-2-1-3-5-17/h1-5,7,14,19H,6,8-13,15-16H2. The first-order valence-electron chi connectivity index (χ1n) is 10.6. The molecule has 7 nitrogen and oxygen atoms in total. The van der Waals surface area contributed by atoms with Crippen LogP contribution in [0.25, 0.3) is 11.1 Å². The molecule has 3 aliphatic heterocycles. The predicted octanol–water partition coefficient (Wildman–Crippen LogP) is 2.57. The molecular weight excluding hydrogens is 384 g/mol. The van der Waals surface area contributed by atoms with Crippen molar-refractivity contribution in [1.82, 2.24) is 9.80 Å². The molecule has 0 radical (unpaired) electrons. The van der Waals surface area contributed by atoms with E-state index in [1.807, 2.05) is 41.3 Å². The topological polar surface area (TPSA) is 72.2 Å². The molecule has 4 heterocycles. The van der Waals surface area contributed by atoms with E-state index in [1.54, 1.807) is 11.2 Å². The summed E-state index contributed by atoms with van der Waals surface area (Å²) in [4.78, 5) is 29.6. The van der Waals surface area contributed by atoms with E-state index in [9.17, 15) is 9.59 Å².